The van der Waals surface area contributed by atoms with Crippen LogP contribution in [0.2, 0.25) is 0 Å². The van der Waals surface area contributed by atoms with Gasteiger partial charge in [-0.3, -0.25) is 0 Å². The van der Waals surface area contributed by atoms with Crippen LogP contribution in [0.3, 0.4) is 0 Å². The van der Waals surface area contributed by atoms with Crippen molar-refractivity contribution in [2.45, 2.75) is 0 Å². The predicted molar refractivity (Wildman–Crippen MR) is 255 cm³/mol. The van der Waals surface area contributed by atoms with E-state index in [1.807, 2.05) is 0 Å². The zero-order valence-corrected chi connectivity index (χ0v) is 33.0. The molecule has 0 radical (unpaired) electrons. The molecule has 0 bridgehead atoms. The summed E-state index contributed by atoms with van der Waals surface area (Å²) in [6.07, 6.45) is 0. The van der Waals surface area contributed by atoms with E-state index in [-0.39, 0.29) is 0 Å². The number of anilines is 3. The molecule has 0 spiro atoms. The molecule has 2 nitrogen and oxygen atoms in total. The third-order valence-electron chi connectivity index (χ3n) is 11.8. The lowest BCUT2D eigenvalue weighted by molar-refractivity contribution is 1.18. The molecule has 282 valence electrons. The van der Waals surface area contributed by atoms with Gasteiger partial charge in [0.05, 0.1) is 16.7 Å². The highest BCUT2D eigenvalue weighted by atomic mass is 15.1. The van der Waals surface area contributed by atoms with Crippen molar-refractivity contribution in [3.05, 3.63) is 243 Å². The van der Waals surface area contributed by atoms with E-state index < -0.39 is 0 Å². The average molecular weight is 765 g/mol. The molecular weight excluding hydrogens is 725 g/mol. The largest absolute Gasteiger partial charge is 0.310 e. The maximum Gasteiger partial charge on any atom is 0.0541 e. The number of hydrogen-bond donors (Lipinski definition) is 0. The Kier molecular flexibility index (Phi) is 8.87. The smallest absolute Gasteiger partial charge is 0.0541 e. The summed E-state index contributed by atoms with van der Waals surface area (Å²) in [7, 11) is 0. The van der Waals surface area contributed by atoms with Crippen molar-refractivity contribution in [2.24, 2.45) is 0 Å². The Morgan fingerprint density at radius 3 is 1.40 bits per heavy atom. The van der Waals surface area contributed by atoms with Gasteiger partial charge in [-0.15, -0.1) is 0 Å². The van der Waals surface area contributed by atoms with Crippen LogP contribution in [-0.2, 0) is 0 Å². The van der Waals surface area contributed by atoms with Gasteiger partial charge in [-0.05, 0) is 110 Å². The topological polar surface area (TPSA) is 8.17 Å². The van der Waals surface area contributed by atoms with Gasteiger partial charge in [0, 0.05) is 33.4 Å². The van der Waals surface area contributed by atoms with E-state index in [1.165, 1.54) is 71.5 Å². The number of nitrogens with zero attached hydrogens (tertiary/aromatic N) is 2. The molecule has 0 fully saturated rings. The van der Waals surface area contributed by atoms with E-state index in [9.17, 15) is 0 Å². The Balaban J connectivity index is 1.02. The Hall–Kier alpha value is -7.94. The summed E-state index contributed by atoms with van der Waals surface area (Å²) in [6.45, 7) is 0. The highest BCUT2D eigenvalue weighted by molar-refractivity contribution is 6.09. The van der Waals surface area contributed by atoms with Crippen molar-refractivity contribution in [3.8, 4) is 50.2 Å². The lowest BCUT2D eigenvalue weighted by atomic mass is 9.94. The second-order valence-electron chi connectivity index (χ2n) is 15.3. The minimum absolute atomic E-state index is 1.08. The van der Waals surface area contributed by atoms with Crippen LogP contribution in [-0.4, -0.2) is 4.57 Å². The Morgan fingerprint density at radius 2 is 0.733 bits per heavy atom. The third kappa shape index (κ3) is 6.32. The predicted octanol–water partition coefficient (Wildman–Crippen LogP) is 16.1. The maximum atomic E-state index is 2.41. The van der Waals surface area contributed by atoms with Crippen LogP contribution in [0, 0.1) is 0 Å². The van der Waals surface area contributed by atoms with Crippen molar-refractivity contribution in [2.75, 3.05) is 4.90 Å². The normalized spacial score (nSPS) is 11.3. The van der Waals surface area contributed by atoms with Crippen molar-refractivity contribution in [1.29, 1.82) is 0 Å². The number of para-hydroxylation sites is 3. The fourth-order valence-electron chi connectivity index (χ4n) is 8.92. The summed E-state index contributed by atoms with van der Waals surface area (Å²) in [5, 5.41) is 5.00. The lowest BCUT2D eigenvalue weighted by Crippen LogP contribution is -2.10. The molecule has 11 rings (SSSR count). The molecule has 0 aliphatic carbocycles. The van der Waals surface area contributed by atoms with E-state index in [0.717, 1.165) is 28.3 Å². The van der Waals surface area contributed by atoms with Gasteiger partial charge in [0.25, 0.3) is 0 Å². The summed E-state index contributed by atoms with van der Waals surface area (Å²) >= 11 is 0. The minimum Gasteiger partial charge on any atom is -0.310 e. The molecule has 60 heavy (non-hydrogen) atoms. The van der Waals surface area contributed by atoms with Gasteiger partial charge in [-0.2, -0.15) is 0 Å². The van der Waals surface area contributed by atoms with Gasteiger partial charge in [-0.25, -0.2) is 0 Å². The quantitative estimate of drug-likeness (QED) is 0.150. The summed E-state index contributed by atoms with van der Waals surface area (Å²) in [5.74, 6) is 0. The minimum atomic E-state index is 1.08. The van der Waals surface area contributed by atoms with Gasteiger partial charge in [-0.1, -0.05) is 182 Å². The average Bonchev–Trinajstić information content (AvgIpc) is 3.66. The molecule has 1 heterocycles. The first-order chi connectivity index (χ1) is 29.8. The first kappa shape index (κ1) is 35.2. The number of hydrogen-bond acceptors (Lipinski definition) is 1. The van der Waals surface area contributed by atoms with Gasteiger partial charge in [0.2, 0.25) is 0 Å². The number of benzene rings is 10. The highest BCUT2D eigenvalue weighted by Crippen LogP contribution is 2.41. The van der Waals surface area contributed by atoms with E-state index in [0.29, 0.717) is 0 Å². The van der Waals surface area contributed by atoms with Crippen LogP contribution in [0.4, 0.5) is 17.1 Å². The Labute approximate surface area is 350 Å². The van der Waals surface area contributed by atoms with Crippen LogP contribution in [0.1, 0.15) is 0 Å². The summed E-state index contributed by atoms with van der Waals surface area (Å²) in [4.78, 5) is 2.38. The van der Waals surface area contributed by atoms with Crippen molar-refractivity contribution >= 4 is 49.6 Å². The van der Waals surface area contributed by atoms with Crippen molar-refractivity contribution < 1.29 is 0 Å². The molecule has 0 N–H and O–H groups in total. The van der Waals surface area contributed by atoms with Gasteiger partial charge >= 0.3 is 0 Å². The Bertz CT molecular complexity index is 3250. The second kappa shape index (κ2) is 15.1. The zero-order chi connectivity index (χ0) is 39.8. The first-order valence-electron chi connectivity index (χ1n) is 20.6. The zero-order valence-electron chi connectivity index (χ0n) is 33.0. The molecule has 0 unspecified atom stereocenters. The molecule has 10 aromatic carbocycles. The standard InChI is InChI=1S/C58H40N2/c1-2-16-42(17-3-1)51-21-6-7-22-52(51)43-31-35-48(36-32-43)59(50-20-14-19-46(40-50)47-30-29-41-15-4-5-18-45(41)39-47)49-37-33-44(34-38-49)53-23-8-11-26-56(53)60-57-27-12-9-24-54(57)55-25-10-13-28-58(55)60/h1-40H. The summed E-state index contributed by atoms with van der Waals surface area (Å²) < 4.78 is 2.41. The van der Waals surface area contributed by atoms with E-state index in [4.69, 9.17) is 0 Å². The van der Waals surface area contributed by atoms with Gasteiger partial charge < -0.3 is 9.47 Å². The molecule has 0 saturated carbocycles. The molecule has 0 saturated heterocycles. The molecule has 0 aliphatic heterocycles. The van der Waals surface area contributed by atoms with Crippen molar-refractivity contribution in [3.63, 3.8) is 0 Å². The number of aromatic nitrogens is 1. The first-order valence-corrected chi connectivity index (χ1v) is 20.6. The summed E-state index contributed by atoms with van der Waals surface area (Å²) in [6, 6.07) is 87.8. The van der Waals surface area contributed by atoms with E-state index in [1.54, 1.807) is 0 Å². The number of rotatable bonds is 8. The lowest BCUT2D eigenvalue weighted by Gasteiger charge is -2.27. The van der Waals surface area contributed by atoms with E-state index >= 15 is 0 Å². The fourth-order valence-corrected chi connectivity index (χ4v) is 8.92. The van der Waals surface area contributed by atoms with Gasteiger partial charge in [0.1, 0.15) is 0 Å². The third-order valence-corrected chi connectivity index (χ3v) is 11.8. The van der Waals surface area contributed by atoms with Crippen LogP contribution in [0.5, 0.6) is 0 Å². The van der Waals surface area contributed by atoms with E-state index in [2.05, 4.69) is 252 Å². The van der Waals surface area contributed by atoms with Crippen LogP contribution in [0.25, 0.3) is 82.8 Å². The fraction of sp³-hybridized carbons (Fsp3) is 0. The molecular formula is C58H40N2. The molecule has 1 aromatic heterocycles. The van der Waals surface area contributed by atoms with Crippen molar-refractivity contribution in [1.82, 2.24) is 4.57 Å². The SMILES string of the molecule is c1ccc(-c2ccccc2-c2ccc(N(c3ccc(-c4ccccc4-n4c5ccccc5c5ccccc54)cc3)c3cccc(-c4ccc5ccccc5c4)c3)cc2)cc1. The molecule has 0 amide bonds. The molecule has 0 atom stereocenters. The van der Waals surface area contributed by atoms with Gasteiger partial charge in [0.15, 0.2) is 0 Å². The monoisotopic (exact) mass is 764 g/mol. The molecule has 0 aliphatic rings. The maximum absolute atomic E-state index is 2.41. The van der Waals surface area contributed by atoms with Crippen LogP contribution >= 0.6 is 0 Å². The highest BCUT2D eigenvalue weighted by Gasteiger charge is 2.18. The molecule has 11 aromatic rings. The van der Waals surface area contributed by atoms with Crippen LogP contribution in [0.15, 0.2) is 243 Å². The summed E-state index contributed by atoms with van der Waals surface area (Å²) in [5.41, 5.74) is 16.4. The second-order valence-corrected chi connectivity index (χ2v) is 15.3. The molecule has 2 heteroatoms. The number of fused-ring (bicyclic) bond motifs is 4. The van der Waals surface area contributed by atoms with Crippen LogP contribution < -0.4 is 4.90 Å². The Morgan fingerprint density at radius 1 is 0.267 bits per heavy atom.